The predicted octanol–water partition coefficient (Wildman–Crippen LogP) is 1.59. The normalized spacial score (nSPS) is 27.3. The molecule has 1 saturated heterocycles. The van der Waals surface area contributed by atoms with Gasteiger partial charge in [0, 0.05) is 11.1 Å². The third-order valence-corrected chi connectivity index (χ3v) is 1.60. The first kappa shape index (κ1) is 11.2. The van der Waals surface area contributed by atoms with E-state index in [4.69, 9.17) is 4.74 Å². The van der Waals surface area contributed by atoms with Crippen LogP contribution >= 0.6 is 12.4 Å². The van der Waals surface area contributed by atoms with Crippen molar-refractivity contribution in [3.8, 4) is 0 Å². The van der Waals surface area contributed by atoms with Crippen molar-refractivity contribution in [3.05, 3.63) is 0 Å². The van der Waals surface area contributed by atoms with Crippen LogP contribution in [0.3, 0.4) is 0 Å². The van der Waals surface area contributed by atoms with Gasteiger partial charge in [-0.25, -0.2) is 0 Å². The molecule has 0 aromatic carbocycles. The van der Waals surface area contributed by atoms with Crippen LogP contribution in [0.4, 0.5) is 0 Å². The molecule has 0 aromatic rings. The number of nitrogens with one attached hydrogen (secondary N) is 1. The molecule has 0 saturated carbocycles. The first-order valence-electron chi connectivity index (χ1n) is 3.78. The summed E-state index contributed by atoms with van der Waals surface area (Å²) in [5, 5.41) is 3.51. The highest BCUT2D eigenvalue weighted by molar-refractivity contribution is 5.85. The molecule has 0 spiro atoms. The lowest BCUT2D eigenvalue weighted by molar-refractivity contribution is -0.0172. The van der Waals surface area contributed by atoms with Crippen LogP contribution in [0.15, 0.2) is 0 Å². The first-order valence-corrected chi connectivity index (χ1v) is 3.78. The summed E-state index contributed by atoms with van der Waals surface area (Å²) in [6.45, 7) is 10.3. The number of halogens is 1. The SMILES string of the molecule is CC1(C)COCC(C)(C)N1.Cl. The third kappa shape index (κ3) is 3.41. The Morgan fingerprint density at radius 3 is 1.55 bits per heavy atom. The smallest absolute Gasteiger partial charge is 0.0643 e. The molecule has 1 aliphatic heterocycles. The van der Waals surface area contributed by atoms with Gasteiger partial charge in [0.05, 0.1) is 13.2 Å². The van der Waals surface area contributed by atoms with Gasteiger partial charge in [0.1, 0.15) is 0 Å². The molecule has 11 heavy (non-hydrogen) atoms. The molecule has 0 aromatic heterocycles. The van der Waals surface area contributed by atoms with Gasteiger partial charge in [-0.2, -0.15) is 0 Å². The molecule has 0 atom stereocenters. The van der Waals surface area contributed by atoms with Gasteiger partial charge in [-0.05, 0) is 27.7 Å². The predicted molar refractivity (Wildman–Crippen MR) is 49.4 cm³/mol. The Morgan fingerprint density at radius 2 is 1.36 bits per heavy atom. The summed E-state index contributed by atoms with van der Waals surface area (Å²) in [5.74, 6) is 0. The summed E-state index contributed by atoms with van der Waals surface area (Å²) >= 11 is 0. The molecule has 0 unspecified atom stereocenters. The second-order valence-electron chi connectivity index (χ2n) is 4.39. The number of hydrogen-bond acceptors (Lipinski definition) is 2. The lowest BCUT2D eigenvalue weighted by Crippen LogP contribution is -2.60. The largest absolute Gasteiger partial charge is 0.378 e. The lowest BCUT2D eigenvalue weighted by Gasteiger charge is -2.42. The van der Waals surface area contributed by atoms with Crippen LogP contribution < -0.4 is 5.32 Å². The lowest BCUT2D eigenvalue weighted by atomic mass is 9.96. The van der Waals surface area contributed by atoms with Crippen LogP contribution in [0.1, 0.15) is 27.7 Å². The van der Waals surface area contributed by atoms with Crippen molar-refractivity contribution in [2.45, 2.75) is 38.8 Å². The molecule has 0 aliphatic carbocycles. The van der Waals surface area contributed by atoms with Crippen molar-refractivity contribution in [2.24, 2.45) is 0 Å². The van der Waals surface area contributed by atoms with Crippen molar-refractivity contribution in [1.82, 2.24) is 5.32 Å². The van der Waals surface area contributed by atoms with Crippen LogP contribution in [0.2, 0.25) is 0 Å². The number of hydrogen-bond donors (Lipinski definition) is 1. The summed E-state index contributed by atoms with van der Waals surface area (Å²) in [7, 11) is 0. The van der Waals surface area contributed by atoms with Gasteiger partial charge in [-0.15, -0.1) is 12.4 Å². The standard InChI is InChI=1S/C8H17NO.ClH/c1-7(2)5-10-6-8(3,4)9-7;/h9H,5-6H2,1-4H3;1H. The molecule has 1 aliphatic rings. The van der Waals surface area contributed by atoms with E-state index in [1.165, 1.54) is 0 Å². The molecular weight excluding hydrogens is 162 g/mol. The van der Waals surface area contributed by atoms with E-state index in [-0.39, 0.29) is 23.5 Å². The molecule has 1 N–H and O–H groups in total. The zero-order valence-electron chi connectivity index (χ0n) is 7.73. The first-order chi connectivity index (χ1) is 4.41. The highest BCUT2D eigenvalue weighted by atomic mass is 35.5. The minimum absolute atomic E-state index is 0. The van der Waals surface area contributed by atoms with Crippen LogP contribution in [-0.2, 0) is 4.74 Å². The highest BCUT2D eigenvalue weighted by Gasteiger charge is 2.32. The van der Waals surface area contributed by atoms with E-state index in [1.54, 1.807) is 0 Å². The second kappa shape index (κ2) is 3.30. The molecule has 2 nitrogen and oxygen atoms in total. The number of morpholine rings is 1. The second-order valence-corrected chi connectivity index (χ2v) is 4.39. The molecule has 0 bridgehead atoms. The molecular formula is C8H18ClNO. The fraction of sp³-hybridized carbons (Fsp3) is 1.00. The average Bonchev–Trinajstić information content (AvgIpc) is 1.56. The Morgan fingerprint density at radius 1 is 1.00 bits per heavy atom. The van der Waals surface area contributed by atoms with Crippen molar-refractivity contribution in [2.75, 3.05) is 13.2 Å². The minimum atomic E-state index is 0. The highest BCUT2D eigenvalue weighted by Crippen LogP contribution is 2.17. The Kier molecular flexibility index (Phi) is 3.36. The third-order valence-electron chi connectivity index (χ3n) is 1.60. The van der Waals surface area contributed by atoms with Gasteiger partial charge in [0.15, 0.2) is 0 Å². The van der Waals surface area contributed by atoms with Crippen molar-refractivity contribution < 1.29 is 4.74 Å². The maximum absolute atomic E-state index is 5.44. The van der Waals surface area contributed by atoms with Gasteiger partial charge < -0.3 is 10.1 Å². The Labute approximate surface area is 75.1 Å². The molecule has 68 valence electrons. The van der Waals surface area contributed by atoms with Crippen molar-refractivity contribution in [3.63, 3.8) is 0 Å². The fourth-order valence-corrected chi connectivity index (χ4v) is 1.55. The van der Waals surface area contributed by atoms with Crippen LogP contribution in [-0.4, -0.2) is 24.3 Å². The zero-order valence-corrected chi connectivity index (χ0v) is 8.55. The maximum atomic E-state index is 5.44. The Balaban J connectivity index is 0.000001000. The molecule has 3 heteroatoms. The van der Waals surface area contributed by atoms with Gasteiger partial charge >= 0.3 is 0 Å². The zero-order chi connectivity index (χ0) is 7.83. The summed E-state index contributed by atoms with van der Waals surface area (Å²) in [6, 6.07) is 0. The monoisotopic (exact) mass is 179 g/mol. The van der Waals surface area contributed by atoms with Gasteiger partial charge in [0.2, 0.25) is 0 Å². The van der Waals surface area contributed by atoms with Gasteiger partial charge in [-0.1, -0.05) is 0 Å². The number of ether oxygens (including phenoxy) is 1. The topological polar surface area (TPSA) is 21.3 Å². The molecule has 0 radical (unpaired) electrons. The maximum Gasteiger partial charge on any atom is 0.0643 e. The summed E-state index contributed by atoms with van der Waals surface area (Å²) < 4.78 is 5.44. The van der Waals surface area contributed by atoms with E-state index in [9.17, 15) is 0 Å². The van der Waals surface area contributed by atoms with E-state index in [1.807, 2.05) is 0 Å². The van der Waals surface area contributed by atoms with Crippen LogP contribution in [0, 0.1) is 0 Å². The van der Waals surface area contributed by atoms with E-state index >= 15 is 0 Å². The molecule has 0 amide bonds. The van der Waals surface area contributed by atoms with Crippen molar-refractivity contribution >= 4 is 12.4 Å². The quantitative estimate of drug-likeness (QED) is 0.610. The summed E-state index contributed by atoms with van der Waals surface area (Å²) in [6.07, 6.45) is 0. The average molecular weight is 180 g/mol. The Hall–Kier alpha value is 0.210. The summed E-state index contributed by atoms with van der Waals surface area (Å²) in [5.41, 5.74) is 0.281. The molecule has 1 heterocycles. The van der Waals surface area contributed by atoms with Gasteiger partial charge in [-0.3, -0.25) is 0 Å². The van der Waals surface area contributed by atoms with E-state index in [2.05, 4.69) is 33.0 Å². The fourth-order valence-electron chi connectivity index (χ4n) is 1.55. The number of rotatable bonds is 0. The van der Waals surface area contributed by atoms with Crippen LogP contribution in [0.25, 0.3) is 0 Å². The van der Waals surface area contributed by atoms with Gasteiger partial charge in [0.25, 0.3) is 0 Å². The van der Waals surface area contributed by atoms with E-state index < -0.39 is 0 Å². The minimum Gasteiger partial charge on any atom is -0.378 e. The van der Waals surface area contributed by atoms with E-state index in [0.717, 1.165) is 13.2 Å². The summed E-state index contributed by atoms with van der Waals surface area (Å²) in [4.78, 5) is 0. The van der Waals surface area contributed by atoms with Crippen molar-refractivity contribution in [1.29, 1.82) is 0 Å². The van der Waals surface area contributed by atoms with Crippen LogP contribution in [0.5, 0.6) is 0 Å². The van der Waals surface area contributed by atoms with E-state index in [0.29, 0.717) is 0 Å². The Bertz CT molecular complexity index is 120. The molecule has 1 fully saturated rings. The molecule has 1 rings (SSSR count).